The molecule has 0 saturated heterocycles. The van der Waals surface area contributed by atoms with Gasteiger partial charge in [-0.2, -0.15) is 5.10 Å². The van der Waals surface area contributed by atoms with Crippen LogP contribution in [0.1, 0.15) is 36.4 Å². The first kappa shape index (κ1) is 16.7. The summed E-state index contributed by atoms with van der Waals surface area (Å²) in [5, 5.41) is 24.6. The van der Waals surface area contributed by atoms with Crippen molar-refractivity contribution in [3.63, 3.8) is 0 Å². The first-order valence-corrected chi connectivity index (χ1v) is 8.01. The zero-order chi connectivity index (χ0) is 17.8. The van der Waals surface area contributed by atoms with E-state index in [-0.39, 0.29) is 30.5 Å². The highest BCUT2D eigenvalue weighted by molar-refractivity contribution is 6.05. The van der Waals surface area contributed by atoms with Crippen LogP contribution in [-0.2, 0) is 9.59 Å². The molecule has 0 fully saturated rings. The van der Waals surface area contributed by atoms with Crippen molar-refractivity contribution >= 4 is 17.6 Å². The molecule has 0 radical (unpaired) electrons. The highest BCUT2D eigenvalue weighted by Crippen LogP contribution is 2.35. The molecule has 6 heteroatoms. The molecule has 1 aliphatic rings. The van der Waals surface area contributed by atoms with Crippen LogP contribution in [0, 0.1) is 0 Å². The molecule has 1 atom stereocenters. The molecule has 0 aromatic heterocycles. The van der Waals surface area contributed by atoms with Gasteiger partial charge in [-0.15, -0.1) is 0 Å². The van der Waals surface area contributed by atoms with E-state index in [9.17, 15) is 14.7 Å². The Morgan fingerprint density at radius 2 is 1.72 bits per heavy atom. The van der Waals surface area contributed by atoms with Crippen LogP contribution < -0.4 is 0 Å². The van der Waals surface area contributed by atoms with Gasteiger partial charge in [-0.3, -0.25) is 9.59 Å². The first-order valence-electron chi connectivity index (χ1n) is 8.01. The van der Waals surface area contributed by atoms with Gasteiger partial charge in [0.15, 0.2) is 0 Å². The lowest BCUT2D eigenvalue weighted by Crippen LogP contribution is -2.27. The van der Waals surface area contributed by atoms with Crippen LogP contribution in [0.25, 0.3) is 0 Å². The minimum atomic E-state index is -1.02. The molecule has 2 N–H and O–H groups in total. The lowest BCUT2D eigenvalue weighted by atomic mass is 9.98. The van der Waals surface area contributed by atoms with Crippen molar-refractivity contribution < 1.29 is 19.8 Å². The highest BCUT2D eigenvalue weighted by atomic mass is 16.4. The quantitative estimate of drug-likeness (QED) is 0.877. The van der Waals surface area contributed by atoms with Gasteiger partial charge in [-0.05, 0) is 17.7 Å². The highest BCUT2D eigenvalue weighted by Gasteiger charge is 2.33. The molecule has 0 saturated carbocycles. The van der Waals surface area contributed by atoms with Gasteiger partial charge in [0.1, 0.15) is 5.75 Å². The van der Waals surface area contributed by atoms with Gasteiger partial charge in [-0.1, -0.05) is 42.5 Å². The summed E-state index contributed by atoms with van der Waals surface area (Å²) in [4.78, 5) is 23.2. The Morgan fingerprint density at radius 3 is 2.40 bits per heavy atom. The van der Waals surface area contributed by atoms with Gasteiger partial charge >= 0.3 is 5.97 Å². The predicted octanol–water partition coefficient (Wildman–Crippen LogP) is 2.93. The Morgan fingerprint density at radius 1 is 1.04 bits per heavy atom. The van der Waals surface area contributed by atoms with E-state index in [0.717, 1.165) is 5.56 Å². The second-order valence-electron chi connectivity index (χ2n) is 5.83. The van der Waals surface area contributed by atoms with E-state index in [4.69, 9.17) is 5.11 Å². The number of benzene rings is 2. The third-order valence-corrected chi connectivity index (χ3v) is 4.12. The molecular weight excluding hydrogens is 320 g/mol. The Bertz CT molecular complexity index is 817. The topological polar surface area (TPSA) is 90.2 Å². The lowest BCUT2D eigenvalue weighted by molar-refractivity contribution is -0.141. The van der Waals surface area contributed by atoms with Gasteiger partial charge in [0.25, 0.3) is 0 Å². The molecule has 1 aliphatic heterocycles. The predicted molar refractivity (Wildman–Crippen MR) is 92.2 cm³/mol. The number of carbonyl (C=O) groups is 2. The zero-order valence-corrected chi connectivity index (χ0v) is 13.5. The molecule has 2 aromatic carbocycles. The number of carboxylic acid groups (broad SMARTS) is 1. The number of carbonyl (C=O) groups excluding carboxylic acids is 1. The summed E-state index contributed by atoms with van der Waals surface area (Å²) in [5.74, 6) is -1.26. The van der Waals surface area contributed by atoms with E-state index in [0.29, 0.717) is 17.7 Å². The number of phenols is 1. The SMILES string of the molecule is O=C(O)CCC(=O)N1N=C(c2ccccc2O)CC1c1ccccc1. The number of aromatic hydroxyl groups is 1. The molecule has 128 valence electrons. The van der Waals surface area contributed by atoms with Crippen LogP contribution in [0.4, 0.5) is 0 Å². The van der Waals surface area contributed by atoms with E-state index in [1.54, 1.807) is 24.3 Å². The van der Waals surface area contributed by atoms with Crippen LogP contribution in [0.5, 0.6) is 5.75 Å². The summed E-state index contributed by atoms with van der Waals surface area (Å²) in [5.41, 5.74) is 2.10. The Labute approximate surface area is 145 Å². The summed E-state index contributed by atoms with van der Waals surface area (Å²) < 4.78 is 0. The Kier molecular flexibility index (Phi) is 4.79. The molecule has 2 aromatic rings. The first-order chi connectivity index (χ1) is 12.1. The second-order valence-corrected chi connectivity index (χ2v) is 5.83. The van der Waals surface area contributed by atoms with E-state index < -0.39 is 5.97 Å². The van der Waals surface area contributed by atoms with Crippen molar-refractivity contribution in [2.75, 3.05) is 0 Å². The summed E-state index contributed by atoms with van der Waals surface area (Å²) >= 11 is 0. The molecule has 25 heavy (non-hydrogen) atoms. The second kappa shape index (κ2) is 7.17. The number of para-hydroxylation sites is 1. The van der Waals surface area contributed by atoms with Crippen LogP contribution in [-0.4, -0.2) is 32.8 Å². The lowest BCUT2D eigenvalue weighted by Gasteiger charge is -2.21. The fraction of sp³-hybridized carbons (Fsp3) is 0.211. The number of aliphatic carboxylic acids is 1. The third-order valence-electron chi connectivity index (χ3n) is 4.12. The van der Waals surface area contributed by atoms with E-state index in [1.807, 2.05) is 30.3 Å². The molecule has 1 heterocycles. The fourth-order valence-corrected chi connectivity index (χ4v) is 2.88. The number of hydrogen-bond donors (Lipinski definition) is 2. The summed E-state index contributed by atoms with van der Waals surface area (Å²) in [6.07, 6.45) is 0.106. The van der Waals surface area contributed by atoms with Crippen molar-refractivity contribution in [1.82, 2.24) is 5.01 Å². The normalized spacial score (nSPS) is 16.6. The number of amides is 1. The number of phenolic OH excluding ortho intramolecular Hbond substituents is 1. The minimum absolute atomic E-state index is 0.105. The van der Waals surface area contributed by atoms with Gasteiger partial charge in [0.2, 0.25) is 5.91 Å². The monoisotopic (exact) mass is 338 g/mol. The van der Waals surface area contributed by atoms with Crippen molar-refractivity contribution in [1.29, 1.82) is 0 Å². The molecule has 6 nitrogen and oxygen atoms in total. The Balaban J connectivity index is 1.92. The smallest absolute Gasteiger partial charge is 0.303 e. The largest absolute Gasteiger partial charge is 0.507 e. The van der Waals surface area contributed by atoms with Gasteiger partial charge < -0.3 is 10.2 Å². The summed E-state index contributed by atoms with van der Waals surface area (Å²) in [6, 6.07) is 16.0. The summed E-state index contributed by atoms with van der Waals surface area (Å²) in [7, 11) is 0. The van der Waals surface area contributed by atoms with Crippen molar-refractivity contribution in [3.05, 3.63) is 65.7 Å². The number of rotatable bonds is 5. The van der Waals surface area contributed by atoms with Gasteiger partial charge in [0, 0.05) is 18.4 Å². The number of hydrazone groups is 1. The zero-order valence-electron chi connectivity index (χ0n) is 13.5. The number of hydrogen-bond acceptors (Lipinski definition) is 4. The van der Waals surface area contributed by atoms with Crippen LogP contribution in [0.2, 0.25) is 0 Å². The molecule has 1 amide bonds. The van der Waals surface area contributed by atoms with Crippen molar-refractivity contribution in [3.8, 4) is 5.75 Å². The van der Waals surface area contributed by atoms with Gasteiger partial charge in [0.05, 0.1) is 18.2 Å². The maximum atomic E-state index is 12.5. The summed E-state index contributed by atoms with van der Waals surface area (Å²) in [6.45, 7) is 0. The molecule has 0 spiro atoms. The molecule has 0 bridgehead atoms. The van der Waals surface area contributed by atoms with E-state index in [1.165, 1.54) is 5.01 Å². The van der Waals surface area contributed by atoms with Crippen LogP contribution >= 0.6 is 0 Å². The average molecular weight is 338 g/mol. The minimum Gasteiger partial charge on any atom is -0.507 e. The molecule has 1 unspecified atom stereocenters. The van der Waals surface area contributed by atoms with Crippen molar-refractivity contribution in [2.45, 2.75) is 25.3 Å². The third kappa shape index (κ3) is 3.68. The number of nitrogens with zero attached hydrogens (tertiary/aromatic N) is 2. The van der Waals surface area contributed by atoms with E-state index in [2.05, 4.69) is 5.10 Å². The molecule has 0 aliphatic carbocycles. The Hall–Kier alpha value is -3.15. The average Bonchev–Trinajstić information content (AvgIpc) is 3.06. The van der Waals surface area contributed by atoms with Crippen molar-refractivity contribution in [2.24, 2.45) is 5.10 Å². The maximum Gasteiger partial charge on any atom is 0.303 e. The van der Waals surface area contributed by atoms with E-state index >= 15 is 0 Å². The van der Waals surface area contributed by atoms with Crippen LogP contribution in [0.15, 0.2) is 59.7 Å². The van der Waals surface area contributed by atoms with Gasteiger partial charge in [-0.25, -0.2) is 5.01 Å². The fourth-order valence-electron chi connectivity index (χ4n) is 2.88. The van der Waals surface area contributed by atoms with Crippen LogP contribution in [0.3, 0.4) is 0 Å². The maximum absolute atomic E-state index is 12.5. The standard InChI is InChI=1S/C19H18N2O4/c22-17-9-5-4-8-14(17)15-12-16(13-6-2-1-3-7-13)21(20-15)18(23)10-11-19(24)25/h1-9,16,22H,10-12H2,(H,24,25). The molecular formula is C19H18N2O4. The molecule has 3 rings (SSSR count). The number of carboxylic acids is 1.